The first kappa shape index (κ1) is 13.0. The van der Waals surface area contributed by atoms with Gasteiger partial charge in [-0.05, 0) is 24.1 Å². The van der Waals surface area contributed by atoms with Gasteiger partial charge in [0.1, 0.15) is 17.3 Å². The molecule has 0 aliphatic carbocycles. The van der Waals surface area contributed by atoms with Crippen molar-refractivity contribution in [2.45, 2.75) is 6.42 Å². The van der Waals surface area contributed by atoms with Crippen LogP contribution in [-0.2, 0) is 6.42 Å². The first-order chi connectivity index (χ1) is 9.19. The van der Waals surface area contributed by atoms with Crippen molar-refractivity contribution < 1.29 is 9.84 Å². The minimum Gasteiger partial charge on any atom is -0.438 e. The lowest BCUT2D eigenvalue weighted by atomic mass is 10.1. The van der Waals surface area contributed by atoms with E-state index in [-0.39, 0.29) is 12.4 Å². The van der Waals surface area contributed by atoms with Crippen LogP contribution in [0.1, 0.15) is 11.3 Å². The number of rotatable bonds is 5. The first-order valence-electron chi connectivity index (χ1n) is 5.73. The van der Waals surface area contributed by atoms with Crippen LogP contribution in [0.15, 0.2) is 36.7 Å². The Labute approximate surface area is 110 Å². The number of nitrogens with zero attached hydrogens (tertiary/aromatic N) is 2. The molecule has 0 amide bonds. The van der Waals surface area contributed by atoms with Gasteiger partial charge in [-0.1, -0.05) is 12.1 Å². The Bertz CT molecular complexity index is 552. The molecule has 0 atom stereocenters. The summed E-state index contributed by atoms with van der Waals surface area (Å²) >= 11 is 0. The number of nitrogens with one attached hydrogen (secondary N) is 1. The quantitative estimate of drug-likeness (QED) is 0.550. The molecule has 4 N–H and O–H groups in total. The lowest BCUT2D eigenvalue weighted by Gasteiger charge is -2.05. The van der Waals surface area contributed by atoms with Gasteiger partial charge in [-0.25, -0.2) is 9.97 Å². The Hall–Kier alpha value is -2.47. The number of hydrogen-bond acceptors (Lipinski definition) is 5. The Balaban J connectivity index is 2.06. The summed E-state index contributed by atoms with van der Waals surface area (Å²) in [6.45, 7) is 0.123. The standard InChI is InChI=1S/C13H14N4O2/c14-13(15)11-7-17-12(8-16-11)19-10-3-1-9(2-4-10)5-6-18/h1-4,7-8,18H,5-6H2,(H3,14,15). The molecule has 0 radical (unpaired) electrons. The maximum absolute atomic E-state index is 8.82. The summed E-state index contributed by atoms with van der Waals surface area (Å²) in [7, 11) is 0. The number of aliphatic hydroxyl groups is 1. The largest absolute Gasteiger partial charge is 0.438 e. The fourth-order valence-corrected chi connectivity index (χ4v) is 1.48. The van der Waals surface area contributed by atoms with Gasteiger partial charge < -0.3 is 15.6 Å². The van der Waals surface area contributed by atoms with Gasteiger partial charge in [0.2, 0.25) is 5.88 Å². The van der Waals surface area contributed by atoms with Crippen LogP contribution in [0.3, 0.4) is 0 Å². The first-order valence-corrected chi connectivity index (χ1v) is 5.73. The number of nitrogens with two attached hydrogens (primary N) is 1. The summed E-state index contributed by atoms with van der Waals surface area (Å²) in [5, 5.41) is 16.0. The third-order valence-corrected chi connectivity index (χ3v) is 2.45. The van der Waals surface area contributed by atoms with Crippen molar-refractivity contribution in [2.24, 2.45) is 5.73 Å². The molecule has 1 aromatic carbocycles. The zero-order valence-corrected chi connectivity index (χ0v) is 10.2. The zero-order chi connectivity index (χ0) is 13.7. The molecule has 0 bridgehead atoms. The topological polar surface area (TPSA) is 105 Å². The van der Waals surface area contributed by atoms with Gasteiger partial charge in [0.25, 0.3) is 0 Å². The van der Waals surface area contributed by atoms with Crippen molar-refractivity contribution in [3.05, 3.63) is 47.9 Å². The number of aromatic nitrogens is 2. The summed E-state index contributed by atoms with van der Waals surface area (Å²) in [5.41, 5.74) is 6.63. The SMILES string of the molecule is N=C(N)c1cnc(Oc2ccc(CCO)cc2)cn1. The number of ether oxygens (including phenoxy) is 1. The average molecular weight is 258 g/mol. The second-order valence-corrected chi connectivity index (χ2v) is 3.87. The van der Waals surface area contributed by atoms with Gasteiger partial charge in [0, 0.05) is 6.61 Å². The fraction of sp³-hybridized carbons (Fsp3) is 0.154. The fourth-order valence-electron chi connectivity index (χ4n) is 1.48. The molecule has 1 aromatic heterocycles. The zero-order valence-electron chi connectivity index (χ0n) is 10.2. The molecule has 0 unspecified atom stereocenters. The third-order valence-electron chi connectivity index (χ3n) is 2.45. The highest BCUT2D eigenvalue weighted by Gasteiger charge is 2.02. The van der Waals surface area contributed by atoms with E-state index < -0.39 is 0 Å². The molecule has 6 nitrogen and oxygen atoms in total. The van der Waals surface area contributed by atoms with E-state index in [9.17, 15) is 0 Å². The predicted molar refractivity (Wildman–Crippen MR) is 70.4 cm³/mol. The Morgan fingerprint density at radius 3 is 2.47 bits per heavy atom. The van der Waals surface area contributed by atoms with Crippen molar-refractivity contribution in [2.75, 3.05) is 6.61 Å². The minimum absolute atomic E-state index is 0.123. The van der Waals surface area contributed by atoms with Crippen LogP contribution in [0.2, 0.25) is 0 Å². The lowest BCUT2D eigenvalue weighted by molar-refractivity contribution is 0.299. The highest BCUT2D eigenvalue weighted by Crippen LogP contribution is 2.19. The Morgan fingerprint density at radius 2 is 1.95 bits per heavy atom. The van der Waals surface area contributed by atoms with Gasteiger partial charge in [-0.3, -0.25) is 5.41 Å². The summed E-state index contributed by atoms with van der Waals surface area (Å²) in [5.74, 6) is 0.832. The van der Waals surface area contributed by atoms with E-state index in [1.54, 1.807) is 12.1 Å². The normalized spacial score (nSPS) is 10.2. The van der Waals surface area contributed by atoms with E-state index in [4.69, 9.17) is 21.0 Å². The number of amidine groups is 1. The van der Waals surface area contributed by atoms with Crippen LogP contribution in [0, 0.1) is 5.41 Å². The second-order valence-electron chi connectivity index (χ2n) is 3.87. The summed E-state index contributed by atoms with van der Waals surface area (Å²) in [4.78, 5) is 7.96. The third kappa shape index (κ3) is 3.49. The highest BCUT2D eigenvalue weighted by atomic mass is 16.5. The molecular formula is C13H14N4O2. The number of benzene rings is 1. The maximum atomic E-state index is 8.82. The molecule has 2 rings (SSSR count). The molecular weight excluding hydrogens is 244 g/mol. The molecule has 2 aromatic rings. The molecule has 0 saturated carbocycles. The van der Waals surface area contributed by atoms with Gasteiger partial charge >= 0.3 is 0 Å². The molecule has 19 heavy (non-hydrogen) atoms. The molecule has 0 fully saturated rings. The lowest BCUT2D eigenvalue weighted by Crippen LogP contribution is -2.13. The van der Waals surface area contributed by atoms with E-state index in [1.165, 1.54) is 12.4 Å². The average Bonchev–Trinajstić information content (AvgIpc) is 2.42. The van der Waals surface area contributed by atoms with Crippen molar-refractivity contribution in [1.29, 1.82) is 5.41 Å². The number of nitrogen functional groups attached to an aromatic ring is 1. The van der Waals surface area contributed by atoms with Crippen LogP contribution in [0.5, 0.6) is 11.6 Å². The predicted octanol–water partition coefficient (Wildman–Crippen LogP) is 1.09. The van der Waals surface area contributed by atoms with Gasteiger partial charge in [-0.2, -0.15) is 0 Å². The molecule has 0 spiro atoms. The number of aliphatic hydroxyl groups excluding tert-OH is 1. The van der Waals surface area contributed by atoms with E-state index >= 15 is 0 Å². The summed E-state index contributed by atoms with van der Waals surface area (Å²) in [6.07, 6.45) is 3.42. The van der Waals surface area contributed by atoms with E-state index in [1.807, 2.05) is 12.1 Å². The van der Waals surface area contributed by atoms with Crippen molar-refractivity contribution in [3.8, 4) is 11.6 Å². The van der Waals surface area contributed by atoms with E-state index in [2.05, 4.69) is 9.97 Å². The molecule has 1 heterocycles. The Morgan fingerprint density at radius 1 is 1.21 bits per heavy atom. The molecule has 6 heteroatoms. The monoisotopic (exact) mass is 258 g/mol. The van der Waals surface area contributed by atoms with E-state index in [0.717, 1.165) is 5.56 Å². The van der Waals surface area contributed by atoms with Gasteiger partial charge in [0.15, 0.2) is 0 Å². The molecule has 0 aliphatic heterocycles. The van der Waals surface area contributed by atoms with Crippen LogP contribution >= 0.6 is 0 Å². The van der Waals surface area contributed by atoms with E-state index in [0.29, 0.717) is 23.7 Å². The second kappa shape index (κ2) is 5.92. The molecule has 0 saturated heterocycles. The van der Waals surface area contributed by atoms with Crippen LogP contribution < -0.4 is 10.5 Å². The summed E-state index contributed by atoms with van der Waals surface area (Å²) < 4.78 is 5.50. The summed E-state index contributed by atoms with van der Waals surface area (Å²) in [6, 6.07) is 7.35. The number of hydrogen-bond donors (Lipinski definition) is 3. The van der Waals surface area contributed by atoms with Crippen molar-refractivity contribution >= 4 is 5.84 Å². The molecule has 98 valence electrons. The smallest absolute Gasteiger partial charge is 0.237 e. The maximum Gasteiger partial charge on any atom is 0.237 e. The van der Waals surface area contributed by atoms with Gasteiger partial charge in [-0.15, -0.1) is 0 Å². The highest BCUT2D eigenvalue weighted by molar-refractivity contribution is 5.92. The van der Waals surface area contributed by atoms with Crippen LogP contribution in [0.4, 0.5) is 0 Å². The van der Waals surface area contributed by atoms with Crippen LogP contribution in [-0.4, -0.2) is 27.5 Å². The van der Waals surface area contributed by atoms with Crippen molar-refractivity contribution in [1.82, 2.24) is 9.97 Å². The minimum atomic E-state index is -0.132. The van der Waals surface area contributed by atoms with Crippen LogP contribution in [0.25, 0.3) is 0 Å². The molecule has 0 aliphatic rings. The Kier molecular flexibility index (Phi) is 4.04. The van der Waals surface area contributed by atoms with Gasteiger partial charge in [0.05, 0.1) is 12.4 Å². The van der Waals surface area contributed by atoms with Crippen molar-refractivity contribution in [3.63, 3.8) is 0 Å².